The maximum absolute atomic E-state index is 11.4. The Morgan fingerprint density at radius 2 is 2.41 bits per heavy atom. The van der Waals surface area contributed by atoms with Crippen LogP contribution in [0.5, 0.6) is 0 Å². The SMILES string of the molecule is O=C1Cc2cc(-c3csc(NC[C@H]4CCCO4)n3)ccc2N1. The van der Waals surface area contributed by atoms with Crippen LogP contribution >= 0.6 is 11.3 Å². The Labute approximate surface area is 132 Å². The number of carbonyl (C=O) groups excluding carboxylic acids is 1. The normalized spacial score (nSPS) is 20.0. The number of thiazole rings is 1. The molecule has 3 heterocycles. The molecule has 5 nitrogen and oxygen atoms in total. The van der Waals surface area contributed by atoms with E-state index in [1.807, 2.05) is 23.6 Å². The van der Waals surface area contributed by atoms with Gasteiger partial charge in [0.1, 0.15) is 0 Å². The van der Waals surface area contributed by atoms with E-state index in [1.54, 1.807) is 11.3 Å². The molecule has 0 spiro atoms. The van der Waals surface area contributed by atoms with Crippen molar-refractivity contribution in [3.8, 4) is 11.3 Å². The van der Waals surface area contributed by atoms with Gasteiger partial charge in [-0.1, -0.05) is 6.07 Å². The third kappa shape index (κ3) is 2.71. The van der Waals surface area contributed by atoms with Crippen LogP contribution in [0.3, 0.4) is 0 Å². The van der Waals surface area contributed by atoms with E-state index >= 15 is 0 Å². The molecule has 2 N–H and O–H groups in total. The summed E-state index contributed by atoms with van der Waals surface area (Å²) < 4.78 is 5.60. The number of nitrogens with zero attached hydrogens (tertiary/aromatic N) is 1. The van der Waals surface area contributed by atoms with Gasteiger partial charge in [0, 0.05) is 29.8 Å². The summed E-state index contributed by atoms with van der Waals surface area (Å²) in [6.07, 6.45) is 3.04. The standard InChI is InChI=1S/C16H17N3O2S/c20-15-7-11-6-10(3-4-13(11)18-15)14-9-22-16(19-14)17-8-12-2-1-5-21-12/h3-4,6,9,12H,1-2,5,7-8H2,(H,17,19)(H,18,20)/t12-/m1/s1. The molecule has 2 aliphatic rings. The molecule has 1 aromatic carbocycles. The summed E-state index contributed by atoms with van der Waals surface area (Å²) in [6, 6.07) is 6.00. The number of hydrogen-bond donors (Lipinski definition) is 2. The molecule has 0 unspecified atom stereocenters. The van der Waals surface area contributed by atoms with E-state index in [4.69, 9.17) is 4.74 Å². The van der Waals surface area contributed by atoms with Gasteiger partial charge in [-0.2, -0.15) is 0 Å². The minimum absolute atomic E-state index is 0.0596. The van der Waals surface area contributed by atoms with Gasteiger partial charge in [-0.3, -0.25) is 4.79 Å². The summed E-state index contributed by atoms with van der Waals surface area (Å²) in [7, 11) is 0. The number of fused-ring (bicyclic) bond motifs is 1. The first-order valence-corrected chi connectivity index (χ1v) is 8.40. The molecule has 22 heavy (non-hydrogen) atoms. The summed E-state index contributed by atoms with van der Waals surface area (Å²) in [6.45, 7) is 1.69. The van der Waals surface area contributed by atoms with Crippen LogP contribution in [0.1, 0.15) is 18.4 Å². The van der Waals surface area contributed by atoms with Gasteiger partial charge >= 0.3 is 0 Å². The monoisotopic (exact) mass is 315 g/mol. The molecular formula is C16H17N3O2S. The van der Waals surface area contributed by atoms with E-state index in [0.717, 1.165) is 53.6 Å². The van der Waals surface area contributed by atoms with Gasteiger partial charge in [0.2, 0.25) is 5.91 Å². The van der Waals surface area contributed by atoms with Gasteiger partial charge in [-0.15, -0.1) is 11.3 Å². The lowest BCUT2D eigenvalue weighted by Crippen LogP contribution is -2.18. The summed E-state index contributed by atoms with van der Waals surface area (Å²) in [5.74, 6) is 0.0596. The number of ether oxygens (including phenoxy) is 1. The van der Waals surface area contributed by atoms with E-state index in [2.05, 4.69) is 15.6 Å². The van der Waals surface area contributed by atoms with Gasteiger partial charge in [0.15, 0.2) is 5.13 Å². The molecule has 4 rings (SSSR count). The Bertz CT molecular complexity index is 707. The smallest absolute Gasteiger partial charge is 0.228 e. The molecule has 1 saturated heterocycles. The number of anilines is 2. The molecule has 1 atom stereocenters. The van der Waals surface area contributed by atoms with Crippen molar-refractivity contribution in [2.45, 2.75) is 25.4 Å². The fourth-order valence-corrected chi connectivity index (χ4v) is 3.61. The van der Waals surface area contributed by atoms with Crippen molar-refractivity contribution in [2.75, 3.05) is 23.8 Å². The molecule has 1 fully saturated rings. The van der Waals surface area contributed by atoms with E-state index in [0.29, 0.717) is 12.5 Å². The number of aromatic nitrogens is 1. The van der Waals surface area contributed by atoms with Crippen molar-refractivity contribution in [3.63, 3.8) is 0 Å². The van der Waals surface area contributed by atoms with Crippen LogP contribution in [0, 0.1) is 0 Å². The van der Waals surface area contributed by atoms with Crippen LogP contribution in [0.15, 0.2) is 23.6 Å². The molecular weight excluding hydrogens is 298 g/mol. The zero-order valence-corrected chi connectivity index (χ0v) is 12.9. The number of carbonyl (C=O) groups is 1. The first kappa shape index (κ1) is 13.7. The maximum Gasteiger partial charge on any atom is 0.228 e. The minimum Gasteiger partial charge on any atom is -0.376 e. The summed E-state index contributed by atoms with van der Waals surface area (Å²) in [4.78, 5) is 16.0. The van der Waals surface area contributed by atoms with Gasteiger partial charge in [-0.25, -0.2) is 4.98 Å². The average molecular weight is 315 g/mol. The molecule has 1 aromatic heterocycles. The van der Waals surface area contributed by atoms with E-state index < -0.39 is 0 Å². The lowest BCUT2D eigenvalue weighted by molar-refractivity contribution is -0.115. The van der Waals surface area contributed by atoms with Crippen molar-refractivity contribution in [2.24, 2.45) is 0 Å². The largest absolute Gasteiger partial charge is 0.376 e. The zero-order chi connectivity index (χ0) is 14.9. The van der Waals surface area contributed by atoms with Crippen molar-refractivity contribution in [3.05, 3.63) is 29.1 Å². The summed E-state index contributed by atoms with van der Waals surface area (Å²) in [5.41, 5.74) is 3.96. The highest BCUT2D eigenvalue weighted by Gasteiger charge is 2.19. The molecule has 0 bridgehead atoms. The van der Waals surface area contributed by atoms with Crippen LogP contribution < -0.4 is 10.6 Å². The third-order valence-electron chi connectivity index (χ3n) is 4.04. The van der Waals surface area contributed by atoms with Gasteiger partial charge < -0.3 is 15.4 Å². The molecule has 0 aliphatic carbocycles. The van der Waals surface area contributed by atoms with E-state index in [1.165, 1.54) is 0 Å². The third-order valence-corrected chi connectivity index (χ3v) is 4.84. The van der Waals surface area contributed by atoms with Crippen molar-refractivity contribution >= 4 is 28.1 Å². The fourth-order valence-electron chi connectivity index (χ4n) is 2.88. The second kappa shape index (κ2) is 5.70. The van der Waals surface area contributed by atoms with E-state index in [-0.39, 0.29) is 5.91 Å². The van der Waals surface area contributed by atoms with E-state index in [9.17, 15) is 4.79 Å². The summed E-state index contributed by atoms with van der Waals surface area (Å²) in [5, 5.41) is 9.16. The van der Waals surface area contributed by atoms with Crippen LogP contribution in [0.2, 0.25) is 0 Å². The van der Waals surface area contributed by atoms with Crippen LogP contribution in [0.25, 0.3) is 11.3 Å². The minimum atomic E-state index is 0.0596. The van der Waals surface area contributed by atoms with Crippen LogP contribution in [-0.4, -0.2) is 30.1 Å². The number of nitrogens with one attached hydrogen (secondary N) is 2. The molecule has 0 radical (unpaired) electrons. The Hall–Kier alpha value is -1.92. The predicted molar refractivity (Wildman–Crippen MR) is 87.3 cm³/mol. The average Bonchev–Trinajstić information content (AvgIpc) is 3.24. The maximum atomic E-state index is 11.4. The molecule has 6 heteroatoms. The quantitative estimate of drug-likeness (QED) is 0.910. The topological polar surface area (TPSA) is 63.2 Å². The van der Waals surface area contributed by atoms with Crippen LogP contribution in [0.4, 0.5) is 10.8 Å². The van der Waals surface area contributed by atoms with Gasteiger partial charge in [0.05, 0.1) is 18.2 Å². The van der Waals surface area contributed by atoms with Crippen LogP contribution in [-0.2, 0) is 16.0 Å². The Morgan fingerprint density at radius 1 is 1.45 bits per heavy atom. The highest BCUT2D eigenvalue weighted by molar-refractivity contribution is 7.14. The van der Waals surface area contributed by atoms with Crippen molar-refractivity contribution in [1.82, 2.24) is 4.98 Å². The zero-order valence-electron chi connectivity index (χ0n) is 12.1. The summed E-state index contributed by atoms with van der Waals surface area (Å²) >= 11 is 1.60. The first-order valence-electron chi connectivity index (χ1n) is 7.52. The fraction of sp³-hybridized carbons (Fsp3) is 0.375. The molecule has 0 saturated carbocycles. The van der Waals surface area contributed by atoms with Crippen molar-refractivity contribution < 1.29 is 9.53 Å². The molecule has 1 amide bonds. The Morgan fingerprint density at radius 3 is 3.27 bits per heavy atom. The first-order chi connectivity index (χ1) is 10.8. The second-order valence-corrected chi connectivity index (χ2v) is 6.51. The predicted octanol–water partition coefficient (Wildman–Crippen LogP) is 2.90. The van der Waals surface area contributed by atoms with Gasteiger partial charge in [0.25, 0.3) is 0 Å². The number of amides is 1. The number of rotatable bonds is 4. The molecule has 2 aliphatic heterocycles. The highest BCUT2D eigenvalue weighted by atomic mass is 32.1. The Kier molecular flexibility index (Phi) is 3.56. The molecule has 114 valence electrons. The van der Waals surface area contributed by atoms with Crippen molar-refractivity contribution in [1.29, 1.82) is 0 Å². The Balaban J connectivity index is 1.47. The second-order valence-electron chi connectivity index (χ2n) is 5.65. The lowest BCUT2D eigenvalue weighted by Gasteiger charge is -2.09. The van der Waals surface area contributed by atoms with Gasteiger partial charge in [-0.05, 0) is 30.5 Å². The highest BCUT2D eigenvalue weighted by Crippen LogP contribution is 2.30. The lowest BCUT2D eigenvalue weighted by atomic mass is 10.1. The number of benzene rings is 1. The molecule has 2 aromatic rings. The number of hydrogen-bond acceptors (Lipinski definition) is 5.